The molecule has 4 fully saturated rings. The van der Waals surface area contributed by atoms with Crippen molar-refractivity contribution < 1.29 is 0 Å². The zero-order valence-corrected chi connectivity index (χ0v) is 14.8. The average molecular weight is 303 g/mol. The van der Waals surface area contributed by atoms with Gasteiger partial charge >= 0.3 is 0 Å². The van der Waals surface area contributed by atoms with Crippen molar-refractivity contribution in [1.82, 2.24) is 0 Å². The lowest BCUT2D eigenvalue weighted by atomic mass is 9.75. The highest BCUT2D eigenvalue weighted by Gasteiger charge is 2.38. The molecule has 0 heteroatoms. The van der Waals surface area contributed by atoms with Crippen molar-refractivity contribution in [3.05, 3.63) is 0 Å². The Hall–Kier alpha value is 0. The van der Waals surface area contributed by atoms with Gasteiger partial charge in [-0.3, -0.25) is 0 Å². The standard InChI is InChI=1S/C22H38/c1(7-17-13-15-19-9-3-5-11-21(17)19)2-8-18-14-16-20-10-4-6-12-22(18)20/h17-22H,1-16H2. The number of fused-ring (bicyclic) bond motifs is 2. The van der Waals surface area contributed by atoms with E-state index in [-0.39, 0.29) is 0 Å². The highest BCUT2D eigenvalue weighted by Crippen LogP contribution is 2.49. The van der Waals surface area contributed by atoms with Crippen LogP contribution >= 0.6 is 0 Å². The molecule has 22 heavy (non-hydrogen) atoms. The molecule has 4 saturated carbocycles. The molecule has 0 aromatic heterocycles. The Labute approximate surface area is 138 Å². The van der Waals surface area contributed by atoms with Crippen LogP contribution in [0.1, 0.15) is 103 Å². The van der Waals surface area contributed by atoms with Gasteiger partial charge in [-0.25, -0.2) is 0 Å². The van der Waals surface area contributed by atoms with Crippen molar-refractivity contribution >= 4 is 0 Å². The number of unbranched alkanes of at least 4 members (excludes halogenated alkanes) is 1. The van der Waals surface area contributed by atoms with Crippen LogP contribution in [0.4, 0.5) is 0 Å². The van der Waals surface area contributed by atoms with Gasteiger partial charge in [0.2, 0.25) is 0 Å². The molecule has 0 saturated heterocycles. The highest BCUT2D eigenvalue weighted by molar-refractivity contribution is 4.89. The maximum absolute atomic E-state index is 1.59. The predicted molar refractivity (Wildman–Crippen MR) is 94.8 cm³/mol. The normalized spacial score (nSPS) is 44.7. The van der Waals surface area contributed by atoms with E-state index in [0.717, 1.165) is 35.5 Å². The molecular weight excluding hydrogens is 264 g/mol. The predicted octanol–water partition coefficient (Wildman–Crippen LogP) is 6.98. The van der Waals surface area contributed by atoms with Gasteiger partial charge < -0.3 is 0 Å². The molecule has 0 spiro atoms. The molecule has 4 rings (SSSR count). The van der Waals surface area contributed by atoms with Gasteiger partial charge in [0, 0.05) is 0 Å². The maximum Gasteiger partial charge on any atom is -0.0357 e. The third kappa shape index (κ3) is 3.27. The summed E-state index contributed by atoms with van der Waals surface area (Å²) in [5.41, 5.74) is 0. The third-order valence-electron chi connectivity index (χ3n) is 8.36. The van der Waals surface area contributed by atoms with Crippen molar-refractivity contribution in [1.29, 1.82) is 0 Å². The van der Waals surface area contributed by atoms with Gasteiger partial charge in [-0.05, 0) is 74.0 Å². The van der Waals surface area contributed by atoms with E-state index >= 15 is 0 Å². The fourth-order valence-electron chi connectivity index (χ4n) is 7.25. The summed E-state index contributed by atoms with van der Waals surface area (Å²) in [5.74, 6) is 6.88. The smallest absolute Gasteiger partial charge is 0.0357 e. The van der Waals surface area contributed by atoms with Crippen LogP contribution in [0.25, 0.3) is 0 Å². The summed E-state index contributed by atoms with van der Waals surface area (Å²) in [5, 5.41) is 0. The quantitative estimate of drug-likeness (QED) is 0.480. The number of rotatable bonds is 5. The van der Waals surface area contributed by atoms with Crippen LogP contribution in [0.15, 0.2) is 0 Å². The molecule has 0 aromatic rings. The lowest BCUT2D eigenvalue weighted by molar-refractivity contribution is 0.207. The lowest BCUT2D eigenvalue weighted by Crippen LogP contribution is -2.20. The van der Waals surface area contributed by atoms with E-state index in [1.54, 1.807) is 89.9 Å². The first-order chi connectivity index (χ1) is 10.9. The molecule has 0 heterocycles. The van der Waals surface area contributed by atoms with Crippen LogP contribution in [0.5, 0.6) is 0 Å². The fourth-order valence-corrected chi connectivity index (χ4v) is 7.25. The summed E-state index contributed by atoms with van der Waals surface area (Å²) in [6, 6.07) is 0. The van der Waals surface area contributed by atoms with Crippen LogP contribution < -0.4 is 0 Å². The molecule has 0 amide bonds. The lowest BCUT2D eigenvalue weighted by Gasteiger charge is -2.30. The Morgan fingerprint density at radius 2 is 0.909 bits per heavy atom. The zero-order chi connectivity index (χ0) is 14.8. The molecule has 0 aromatic carbocycles. The van der Waals surface area contributed by atoms with Crippen molar-refractivity contribution in [3.63, 3.8) is 0 Å². The Morgan fingerprint density at radius 1 is 0.455 bits per heavy atom. The van der Waals surface area contributed by atoms with Crippen molar-refractivity contribution in [2.75, 3.05) is 0 Å². The topological polar surface area (TPSA) is 0 Å². The Kier molecular flexibility index (Phi) is 5.13. The average Bonchev–Trinajstić information content (AvgIpc) is 3.16. The van der Waals surface area contributed by atoms with Crippen LogP contribution in [0.2, 0.25) is 0 Å². The molecule has 126 valence electrons. The molecule has 6 atom stereocenters. The van der Waals surface area contributed by atoms with Crippen LogP contribution in [0, 0.1) is 35.5 Å². The first-order valence-electron chi connectivity index (χ1n) is 10.9. The van der Waals surface area contributed by atoms with Crippen LogP contribution in [-0.2, 0) is 0 Å². The molecule has 0 N–H and O–H groups in total. The van der Waals surface area contributed by atoms with E-state index in [1.807, 2.05) is 0 Å². The zero-order valence-electron chi connectivity index (χ0n) is 14.8. The summed E-state index contributed by atoms with van der Waals surface area (Å²) >= 11 is 0. The summed E-state index contributed by atoms with van der Waals surface area (Å²) in [6.45, 7) is 0. The second-order valence-corrected chi connectivity index (χ2v) is 9.38. The van der Waals surface area contributed by atoms with E-state index < -0.39 is 0 Å². The Balaban J connectivity index is 1.17. The van der Waals surface area contributed by atoms with Gasteiger partial charge in [0.15, 0.2) is 0 Å². The van der Waals surface area contributed by atoms with Crippen molar-refractivity contribution in [3.8, 4) is 0 Å². The molecule has 0 radical (unpaired) electrons. The molecule has 0 aliphatic heterocycles. The summed E-state index contributed by atoms with van der Waals surface area (Å²) in [6.07, 6.45) is 25.1. The molecule has 4 aliphatic carbocycles. The maximum atomic E-state index is 1.59. The molecule has 0 nitrogen and oxygen atoms in total. The molecule has 0 bridgehead atoms. The van der Waals surface area contributed by atoms with Gasteiger partial charge in [0.1, 0.15) is 0 Å². The second-order valence-electron chi connectivity index (χ2n) is 9.38. The molecule has 4 aliphatic rings. The van der Waals surface area contributed by atoms with E-state index in [9.17, 15) is 0 Å². The van der Waals surface area contributed by atoms with Crippen LogP contribution in [-0.4, -0.2) is 0 Å². The monoisotopic (exact) mass is 302 g/mol. The number of hydrogen-bond donors (Lipinski definition) is 0. The van der Waals surface area contributed by atoms with Gasteiger partial charge in [0.05, 0.1) is 0 Å². The first-order valence-corrected chi connectivity index (χ1v) is 10.9. The SMILES string of the molecule is C(CCC1CCC2CCCCC12)CC1CCC2CCCCC12. The Bertz CT molecular complexity index is 312. The van der Waals surface area contributed by atoms with Gasteiger partial charge in [-0.1, -0.05) is 64.2 Å². The van der Waals surface area contributed by atoms with Crippen molar-refractivity contribution in [2.24, 2.45) is 35.5 Å². The highest BCUT2D eigenvalue weighted by atomic mass is 14.4. The largest absolute Gasteiger partial charge is 0.0530 e. The minimum absolute atomic E-state index is 1.14. The molecule has 6 unspecified atom stereocenters. The summed E-state index contributed by atoms with van der Waals surface area (Å²) in [4.78, 5) is 0. The van der Waals surface area contributed by atoms with Crippen molar-refractivity contribution in [2.45, 2.75) is 103 Å². The van der Waals surface area contributed by atoms with Gasteiger partial charge in [0.25, 0.3) is 0 Å². The van der Waals surface area contributed by atoms with Crippen LogP contribution in [0.3, 0.4) is 0 Å². The number of hydrogen-bond acceptors (Lipinski definition) is 0. The minimum atomic E-state index is 1.14. The summed E-state index contributed by atoms with van der Waals surface area (Å²) < 4.78 is 0. The van der Waals surface area contributed by atoms with E-state index in [4.69, 9.17) is 0 Å². The van der Waals surface area contributed by atoms with E-state index in [2.05, 4.69) is 0 Å². The van der Waals surface area contributed by atoms with E-state index in [0.29, 0.717) is 0 Å². The van der Waals surface area contributed by atoms with Gasteiger partial charge in [-0.15, -0.1) is 0 Å². The molecular formula is C22H38. The van der Waals surface area contributed by atoms with Gasteiger partial charge in [-0.2, -0.15) is 0 Å². The first kappa shape index (κ1) is 15.5. The Morgan fingerprint density at radius 3 is 1.41 bits per heavy atom. The van der Waals surface area contributed by atoms with E-state index in [1.165, 1.54) is 12.8 Å². The second kappa shape index (κ2) is 7.27. The third-order valence-corrected chi connectivity index (χ3v) is 8.36. The summed E-state index contributed by atoms with van der Waals surface area (Å²) in [7, 11) is 0. The minimum Gasteiger partial charge on any atom is -0.0530 e. The fraction of sp³-hybridized carbons (Fsp3) is 1.00.